The molecule has 2 amide bonds. The summed E-state index contributed by atoms with van der Waals surface area (Å²) in [5, 5.41) is 13.4. The van der Waals surface area contributed by atoms with Crippen LogP contribution in [0.5, 0.6) is 0 Å². The van der Waals surface area contributed by atoms with E-state index in [2.05, 4.69) is 5.32 Å². The van der Waals surface area contributed by atoms with Crippen molar-refractivity contribution in [2.45, 2.75) is 0 Å². The van der Waals surface area contributed by atoms with E-state index in [9.17, 15) is 9.59 Å². The van der Waals surface area contributed by atoms with Crippen LogP contribution in [0.3, 0.4) is 0 Å². The average molecular weight is 332 g/mol. The molecule has 0 spiro atoms. The molecular weight excluding hydrogens is 316 g/mol. The summed E-state index contributed by atoms with van der Waals surface area (Å²) >= 11 is 0. The summed E-state index contributed by atoms with van der Waals surface area (Å²) in [5.41, 5.74) is 3.53. The van der Waals surface area contributed by atoms with E-state index in [0.29, 0.717) is 11.3 Å². The van der Waals surface area contributed by atoms with Crippen molar-refractivity contribution in [2.75, 3.05) is 5.32 Å². The molecule has 0 atom stereocenters. The summed E-state index contributed by atoms with van der Waals surface area (Å²) in [6.07, 6.45) is 2.77. The van der Waals surface area contributed by atoms with Gasteiger partial charge >= 0.3 is 0 Å². The highest BCUT2D eigenvalue weighted by molar-refractivity contribution is 6.06. The van der Waals surface area contributed by atoms with Gasteiger partial charge in [0.2, 0.25) is 0 Å². The quantitative estimate of drug-likeness (QED) is 0.388. The molecule has 0 fully saturated rings. The monoisotopic (exact) mass is 332 g/mol. The zero-order chi connectivity index (χ0) is 17.6. The number of carbonyl (C=O) groups is 2. The second kappa shape index (κ2) is 7.42. The van der Waals surface area contributed by atoms with E-state index < -0.39 is 5.91 Å². The average Bonchev–Trinajstić information content (AvgIpc) is 2.66. The molecule has 0 radical (unpaired) electrons. The van der Waals surface area contributed by atoms with E-state index in [1.165, 1.54) is 11.6 Å². The largest absolute Gasteiger partial charge is 0.322 e. The molecule has 0 aliphatic heterocycles. The molecule has 3 aromatic carbocycles. The minimum atomic E-state index is -0.603. The fourth-order valence-electron chi connectivity index (χ4n) is 2.42. The first kappa shape index (κ1) is 16.4. The van der Waals surface area contributed by atoms with Crippen LogP contribution in [0.2, 0.25) is 0 Å². The van der Waals surface area contributed by atoms with Crippen LogP contribution >= 0.6 is 0 Å². The summed E-state index contributed by atoms with van der Waals surface area (Å²) in [6.45, 7) is 0. The minimum absolute atomic E-state index is 0.186. The molecule has 0 saturated heterocycles. The first-order chi connectivity index (χ1) is 12.2. The summed E-state index contributed by atoms with van der Waals surface area (Å²) < 4.78 is 0. The molecule has 124 valence electrons. The molecule has 5 nitrogen and oxygen atoms in total. The van der Waals surface area contributed by atoms with Crippen molar-refractivity contribution in [1.82, 2.24) is 5.48 Å². The molecule has 3 N–H and O–H groups in total. The lowest BCUT2D eigenvalue weighted by Crippen LogP contribution is -2.14. The second-order valence-electron chi connectivity index (χ2n) is 5.45. The molecular formula is C20H16N2O3. The number of hydrogen-bond acceptors (Lipinski definition) is 3. The van der Waals surface area contributed by atoms with Gasteiger partial charge in [-0.1, -0.05) is 42.5 Å². The van der Waals surface area contributed by atoms with Gasteiger partial charge in [-0.05, 0) is 46.7 Å². The van der Waals surface area contributed by atoms with Gasteiger partial charge in [0.15, 0.2) is 0 Å². The van der Waals surface area contributed by atoms with Gasteiger partial charge < -0.3 is 5.32 Å². The Morgan fingerprint density at radius 1 is 0.880 bits per heavy atom. The lowest BCUT2D eigenvalue weighted by Gasteiger charge is -2.07. The molecule has 5 heteroatoms. The van der Waals surface area contributed by atoms with E-state index >= 15 is 0 Å². The van der Waals surface area contributed by atoms with Crippen molar-refractivity contribution in [3.8, 4) is 0 Å². The van der Waals surface area contributed by atoms with Crippen LogP contribution in [0.15, 0.2) is 72.8 Å². The van der Waals surface area contributed by atoms with Gasteiger partial charge in [0.05, 0.1) is 0 Å². The third-order valence-electron chi connectivity index (χ3n) is 3.72. The number of fused-ring (bicyclic) bond motifs is 1. The third-order valence-corrected chi connectivity index (χ3v) is 3.72. The van der Waals surface area contributed by atoms with Crippen LogP contribution in [0, 0.1) is 0 Å². The highest BCUT2D eigenvalue weighted by atomic mass is 16.5. The van der Waals surface area contributed by atoms with Crippen molar-refractivity contribution in [3.05, 3.63) is 83.9 Å². The van der Waals surface area contributed by atoms with Crippen LogP contribution in [0.25, 0.3) is 16.8 Å². The Morgan fingerprint density at radius 3 is 2.32 bits per heavy atom. The predicted octanol–water partition coefficient (Wildman–Crippen LogP) is 3.61. The van der Waals surface area contributed by atoms with Gasteiger partial charge in [0.1, 0.15) is 0 Å². The Bertz CT molecular complexity index is 947. The Labute approximate surface area is 144 Å². The first-order valence-corrected chi connectivity index (χ1v) is 7.68. The third kappa shape index (κ3) is 4.10. The summed E-state index contributed by atoms with van der Waals surface area (Å²) in [4.78, 5) is 23.3. The lowest BCUT2D eigenvalue weighted by molar-refractivity contribution is -0.124. The number of benzene rings is 3. The molecule has 0 unspecified atom stereocenters. The fourth-order valence-corrected chi connectivity index (χ4v) is 2.42. The summed E-state index contributed by atoms with van der Waals surface area (Å²) in [5.74, 6) is -0.789. The molecule has 25 heavy (non-hydrogen) atoms. The zero-order valence-corrected chi connectivity index (χ0v) is 13.3. The van der Waals surface area contributed by atoms with Crippen LogP contribution in [0.4, 0.5) is 5.69 Å². The predicted molar refractivity (Wildman–Crippen MR) is 97.3 cm³/mol. The second-order valence-corrected chi connectivity index (χ2v) is 5.45. The first-order valence-electron chi connectivity index (χ1n) is 7.68. The number of hydrogen-bond donors (Lipinski definition) is 3. The maximum absolute atomic E-state index is 12.4. The normalized spacial score (nSPS) is 10.8. The van der Waals surface area contributed by atoms with Crippen LogP contribution in [0.1, 0.15) is 15.9 Å². The number of nitrogens with one attached hydrogen (secondary N) is 2. The fraction of sp³-hybridized carbons (Fsp3) is 0. The minimum Gasteiger partial charge on any atom is -0.322 e. The molecule has 0 aromatic heterocycles. The van der Waals surface area contributed by atoms with Crippen molar-refractivity contribution in [2.24, 2.45) is 0 Å². The molecule has 0 heterocycles. The highest BCUT2D eigenvalue weighted by Gasteiger charge is 2.06. The lowest BCUT2D eigenvalue weighted by atomic mass is 10.1. The molecule has 0 aliphatic carbocycles. The number of carbonyl (C=O) groups excluding carboxylic acids is 2. The number of amides is 2. The Balaban J connectivity index is 1.71. The Morgan fingerprint density at radius 2 is 1.60 bits per heavy atom. The van der Waals surface area contributed by atoms with Gasteiger partial charge in [-0.2, -0.15) is 0 Å². The van der Waals surface area contributed by atoms with Crippen molar-refractivity contribution < 1.29 is 14.8 Å². The summed E-state index contributed by atoms with van der Waals surface area (Å²) in [7, 11) is 0. The van der Waals surface area contributed by atoms with E-state index in [0.717, 1.165) is 16.3 Å². The molecule has 3 rings (SSSR count). The highest BCUT2D eigenvalue weighted by Crippen LogP contribution is 2.17. The van der Waals surface area contributed by atoms with Crippen molar-refractivity contribution >= 4 is 34.4 Å². The van der Waals surface area contributed by atoms with Crippen molar-refractivity contribution in [1.29, 1.82) is 0 Å². The van der Waals surface area contributed by atoms with E-state index in [1.54, 1.807) is 36.4 Å². The number of anilines is 1. The van der Waals surface area contributed by atoms with Gasteiger partial charge in [0.25, 0.3) is 11.8 Å². The number of rotatable bonds is 4. The SMILES string of the molecule is O=C(/C=C/c1ccc(NC(=O)c2ccc3ccccc3c2)cc1)NO. The maximum atomic E-state index is 12.4. The number of hydroxylamine groups is 1. The van der Waals surface area contributed by atoms with Gasteiger partial charge in [-0.15, -0.1) is 0 Å². The van der Waals surface area contributed by atoms with Crippen LogP contribution < -0.4 is 10.8 Å². The van der Waals surface area contributed by atoms with E-state index in [-0.39, 0.29) is 5.91 Å². The smallest absolute Gasteiger partial charge is 0.267 e. The molecule has 0 bridgehead atoms. The molecule has 0 saturated carbocycles. The zero-order valence-electron chi connectivity index (χ0n) is 13.3. The maximum Gasteiger partial charge on any atom is 0.267 e. The Hall–Kier alpha value is -3.44. The Kier molecular flexibility index (Phi) is 4.87. The van der Waals surface area contributed by atoms with Gasteiger partial charge in [-0.3, -0.25) is 14.8 Å². The topological polar surface area (TPSA) is 78.4 Å². The van der Waals surface area contributed by atoms with Crippen LogP contribution in [-0.4, -0.2) is 17.0 Å². The van der Waals surface area contributed by atoms with Crippen molar-refractivity contribution in [3.63, 3.8) is 0 Å². The molecule has 0 aliphatic rings. The summed E-state index contributed by atoms with van der Waals surface area (Å²) in [6, 6.07) is 20.5. The van der Waals surface area contributed by atoms with Gasteiger partial charge in [0, 0.05) is 17.3 Å². The standard InChI is InChI=1S/C20H16N2O3/c23-19(22-25)12-7-14-5-10-18(11-6-14)21-20(24)17-9-8-15-3-1-2-4-16(15)13-17/h1-13,25H,(H,21,24)(H,22,23)/b12-7+. The van der Waals surface area contributed by atoms with E-state index in [1.807, 2.05) is 36.4 Å². The van der Waals surface area contributed by atoms with Gasteiger partial charge in [-0.25, -0.2) is 5.48 Å². The van der Waals surface area contributed by atoms with Crippen LogP contribution in [-0.2, 0) is 4.79 Å². The molecule has 3 aromatic rings. The van der Waals surface area contributed by atoms with E-state index in [4.69, 9.17) is 5.21 Å².